The van der Waals surface area contributed by atoms with Gasteiger partial charge in [0.2, 0.25) is 0 Å². The molecule has 1 aromatic carbocycles. The summed E-state index contributed by atoms with van der Waals surface area (Å²) in [6.07, 6.45) is 0. The number of anilines is 1. The van der Waals surface area contributed by atoms with Crippen molar-refractivity contribution < 1.29 is 9.47 Å². The first-order chi connectivity index (χ1) is 10.8. The summed E-state index contributed by atoms with van der Waals surface area (Å²) in [6.45, 7) is 5.22. The lowest BCUT2D eigenvalue weighted by molar-refractivity contribution is 0.202. The molecule has 0 aromatic heterocycles. The van der Waals surface area contributed by atoms with Gasteiger partial charge in [-0.05, 0) is 12.1 Å². The minimum absolute atomic E-state index is 0. The number of methoxy groups -OCH3 is 2. The molecule has 0 atom stereocenters. The maximum Gasteiger partial charge on any atom is 0.193 e. The molecule has 6 nitrogen and oxygen atoms in total. The third kappa shape index (κ3) is 5.42. The third-order valence-corrected chi connectivity index (χ3v) is 3.81. The van der Waals surface area contributed by atoms with E-state index in [4.69, 9.17) is 9.47 Å². The van der Waals surface area contributed by atoms with Crippen LogP contribution in [0.15, 0.2) is 29.3 Å². The molecule has 1 aromatic rings. The summed E-state index contributed by atoms with van der Waals surface area (Å²) in [6, 6.07) is 8.17. The van der Waals surface area contributed by atoms with Crippen LogP contribution in [-0.2, 0) is 4.74 Å². The number of hydrogen-bond acceptors (Lipinski definition) is 4. The molecule has 1 heterocycles. The van der Waals surface area contributed by atoms with Crippen LogP contribution in [0.3, 0.4) is 0 Å². The number of hydrogen-bond donors (Lipinski definition) is 1. The number of nitrogens with one attached hydrogen (secondary N) is 1. The first kappa shape index (κ1) is 19.8. The highest BCUT2D eigenvalue weighted by atomic mass is 127. The van der Waals surface area contributed by atoms with Gasteiger partial charge in [0.15, 0.2) is 5.96 Å². The van der Waals surface area contributed by atoms with E-state index < -0.39 is 0 Å². The summed E-state index contributed by atoms with van der Waals surface area (Å²) in [7, 11) is 5.24. The molecule has 0 saturated carbocycles. The van der Waals surface area contributed by atoms with Crippen molar-refractivity contribution in [1.29, 1.82) is 0 Å². The molecule has 7 heteroatoms. The minimum atomic E-state index is 0. The van der Waals surface area contributed by atoms with Gasteiger partial charge in [0.05, 0.1) is 19.4 Å². The van der Waals surface area contributed by atoms with Crippen LogP contribution in [-0.4, -0.2) is 71.5 Å². The zero-order valence-corrected chi connectivity index (χ0v) is 16.4. The van der Waals surface area contributed by atoms with Gasteiger partial charge in [-0.25, -0.2) is 0 Å². The van der Waals surface area contributed by atoms with Gasteiger partial charge in [0.1, 0.15) is 5.75 Å². The van der Waals surface area contributed by atoms with Crippen molar-refractivity contribution in [3.63, 3.8) is 0 Å². The van der Waals surface area contributed by atoms with Gasteiger partial charge >= 0.3 is 0 Å². The van der Waals surface area contributed by atoms with Gasteiger partial charge in [-0.15, -0.1) is 24.0 Å². The van der Waals surface area contributed by atoms with Gasteiger partial charge in [0, 0.05) is 46.9 Å². The summed E-state index contributed by atoms with van der Waals surface area (Å²) in [5.41, 5.74) is 1.16. The van der Waals surface area contributed by atoms with Crippen molar-refractivity contribution in [2.75, 3.05) is 65.5 Å². The van der Waals surface area contributed by atoms with E-state index in [-0.39, 0.29) is 24.0 Å². The molecule has 1 N–H and O–H groups in total. The monoisotopic (exact) mass is 434 g/mol. The fourth-order valence-electron chi connectivity index (χ4n) is 2.65. The van der Waals surface area contributed by atoms with Crippen molar-refractivity contribution in [2.24, 2.45) is 4.99 Å². The standard InChI is InChI=1S/C16H26N4O2.HI/c1-17-16(18-8-13-21-2)20-11-9-19(10-12-20)14-6-4-5-7-15(14)22-3;/h4-7H,8-13H2,1-3H3,(H,17,18);1H. The number of ether oxygens (including phenoxy) is 2. The van der Waals surface area contributed by atoms with E-state index in [1.54, 1.807) is 14.2 Å². The maximum absolute atomic E-state index is 5.45. The zero-order valence-electron chi connectivity index (χ0n) is 14.1. The summed E-state index contributed by atoms with van der Waals surface area (Å²) >= 11 is 0. The fourth-order valence-corrected chi connectivity index (χ4v) is 2.65. The second-order valence-corrected chi connectivity index (χ2v) is 5.11. The highest BCUT2D eigenvalue weighted by Gasteiger charge is 2.21. The summed E-state index contributed by atoms with van der Waals surface area (Å²) in [5.74, 6) is 1.87. The molecule has 0 spiro atoms. The van der Waals surface area contributed by atoms with Gasteiger partial charge in [0.25, 0.3) is 0 Å². The van der Waals surface area contributed by atoms with E-state index in [2.05, 4.69) is 32.2 Å². The maximum atomic E-state index is 5.45. The molecular formula is C16H27IN4O2. The number of piperazine rings is 1. The van der Waals surface area contributed by atoms with Gasteiger partial charge in [-0.2, -0.15) is 0 Å². The van der Waals surface area contributed by atoms with Gasteiger partial charge in [-0.1, -0.05) is 12.1 Å². The lowest BCUT2D eigenvalue weighted by Gasteiger charge is -2.38. The van der Waals surface area contributed by atoms with Gasteiger partial charge in [-0.3, -0.25) is 4.99 Å². The molecule has 130 valence electrons. The van der Waals surface area contributed by atoms with Crippen molar-refractivity contribution in [3.05, 3.63) is 24.3 Å². The number of rotatable bonds is 5. The molecule has 23 heavy (non-hydrogen) atoms. The largest absolute Gasteiger partial charge is 0.495 e. The molecule has 0 radical (unpaired) electrons. The van der Waals surface area contributed by atoms with E-state index in [1.165, 1.54) is 0 Å². The first-order valence-corrected chi connectivity index (χ1v) is 7.62. The Morgan fingerprint density at radius 3 is 2.48 bits per heavy atom. The van der Waals surface area contributed by atoms with Gasteiger partial charge < -0.3 is 24.6 Å². The second kappa shape index (κ2) is 10.5. The van der Waals surface area contributed by atoms with Crippen LogP contribution in [0.25, 0.3) is 0 Å². The average Bonchev–Trinajstić information content (AvgIpc) is 2.59. The summed E-state index contributed by atoms with van der Waals surface area (Å²) in [5, 5.41) is 3.32. The van der Waals surface area contributed by atoms with Crippen molar-refractivity contribution >= 4 is 35.6 Å². The molecular weight excluding hydrogens is 407 g/mol. The molecule has 1 saturated heterocycles. The number of benzene rings is 1. The smallest absolute Gasteiger partial charge is 0.193 e. The predicted molar refractivity (Wildman–Crippen MR) is 105 cm³/mol. The molecule has 1 fully saturated rings. The second-order valence-electron chi connectivity index (χ2n) is 5.11. The topological polar surface area (TPSA) is 49.3 Å². The van der Waals surface area contributed by atoms with E-state index >= 15 is 0 Å². The third-order valence-electron chi connectivity index (χ3n) is 3.81. The number of guanidine groups is 1. The number of para-hydroxylation sites is 2. The molecule has 0 amide bonds. The first-order valence-electron chi connectivity index (χ1n) is 7.62. The van der Waals surface area contributed by atoms with Crippen molar-refractivity contribution in [3.8, 4) is 5.75 Å². The fraction of sp³-hybridized carbons (Fsp3) is 0.562. The van der Waals surface area contributed by atoms with Crippen LogP contribution in [0.2, 0.25) is 0 Å². The Bertz CT molecular complexity index is 491. The Kier molecular flexibility index (Phi) is 9.08. The zero-order chi connectivity index (χ0) is 15.8. The summed E-state index contributed by atoms with van der Waals surface area (Å²) < 4.78 is 10.5. The average molecular weight is 434 g/mol. The number of nitrogens with zero attached hydrogens (tertiary/aromatic N) is 3. The number of aliphatic imine (C=N–C) groups is 1. The van der Waals surface area contributed by atoms with Crippen LogP contribution in [0.4, 0.5) is 5.69 Å². The minimum Gasteiger partial charge on any atom is -0.495 e. The van der Waals surface area contributed by atoms with Crippen molar-refractivity contribution in [1.82, 2.24) is 10.2 Å². The Morgan fingerprint density at radius 1 is 1.17 bits per heavy atom. The Labute approximate surface area is 155 Å². The quantitative estimate of drug-likeness (QED) is 0.331. The van der Waals surface area contributed by atoms with Crippen LogP contribution in [0.1, 0.15) is 0 Å². The highest BCUT2D eigenvalue weighted by Crippen LogP contribution is 2.28. The highest BCUT2D eigenvalue weighted by molar-refractivity contribution is 14.0. The molecule has 1 aliphatic heterocycles. The molecule has 2 rings (SSSR count). The normalized spacial score (nSPS) is 15.2. The SMILES string of the molecule is CN=C(NCCOC)N1CCN(c2ccccc2OC)CC1.I. The molecule has 0 unspecified atom stereocenters. The van der Waals surface area contributed by atoms with Crippen LogP contribution < -0.4 is 15.0 Å². The van der Waals surface area contributed by atoms with E-state index in [0.29, 0.717) is 6.61 Å². The van der Waals surface area contributed by atoms with Crippen LogP contribution in [0.5, 0.6) is 5.75 Å². The summed E-state index contributed by atoms with van der Waals surface area (Å²) in [4.78, 5) is 8.99. The van der Waals surface area contributed by atoms with E-state index in [1.807, 2.05) is 19.2 Å². The number of halogens is 1. The van der Waals surface area contributed by atoms with E-state index in [0.717, 1.165) is 50.1 Å². The van der Waals surface area contributed by atoms with E-state index in [9.17, 15) is 0 Å². The van der Waals surface area contributed by atoms with Crippen LogP contribution in [0, 0.1) is 0 Å². The Balaban J connectivity index is 0.00000264. The lowest BCUT2D eigenvalue weighted by atomic mass is 10.2. The molecule has 0 aliphatic carbocycles. The Hall–Kier alpha value is -1.22. The molecule has 1 aliphatic rings. The lowest BCUT2D eigenvalue weighted by Crippen LogP contribution is -2.53. The predicted octanol–water partition coefficient (Wildman–Crippen LogP) is 1.66. The van der Waals surface area contributed by atoms with Crippen molar-refractivity contribution in [2.45, 2.75) is 0 Å². The Morgan fingerprint density at radius 2 is 1.87 bits per heavy atom. The molecule has 0 bridgehead atoms. The van der Waals surface area contributed by atoms with Crippen LogP contribution >= 0.6 is 24.0 Å².